The summed E-state index contributed by atoms with van der Waals surface area (Å²) in [6.07, 6.45) is 10.7. The van der Waals surface area contributed by atoms with Gasteiger partial charge >= 0.3 is 11.9 Å². The van der Waals surface area contributed by atoms with Gasteiger partial charge in [-0.1, -0.05) is 80.9 Å². The Morgan fingerprint density at radius 2 is 1.78 bits per heavy atom. The van der Waals surface area contributed by atoms with E-state index < -0.39 is 34.2 Å². The highest BCUT2D eigenvalue weighted by Gasteiger charge is 2.72. The van der Waals surface area contributed by atoms with Gasteiger partial charge in [0.05, 0.1) is 50.1 Å². The van der Waals surface area contributed by atoms with Gasteiger partial charge in [0.25, 0.3) is 0 Å². The van der Waals surface area contributed by atoms with E-state index in [9.17, 15) is 14.7 Å². The zero-order chi connectivity index (χ0) is 42.4. The minimum atomic E-state index is -0.653. The minimum Gasteiger partial charge on any atom is -0.481 e. The first kappa shape index (κ1) is 43.0. The molecule has 2 aromatic rings. The van der Waals surface area contributed by atoms with Crippen molar-refractivity contribution in [3.8, 4) is 11.5 Å². The van der Waals surface area contributed by atoms with Crippen molar-refractivity contribution in [2.75, 3.05) is 26.4 Å². The molecule has 3 heterocycles. The number of carbonyl (C=O) groups excluding carboxylic acids is 1. The lowest BCUT2D eigenvalue weighted by Gasteiger charge is -2.71. The van der Waals surface area contributed by atoms with Gasteiger partial charge < -0.3 is 25.1 Å². The lowest BCUT2D eigenvalue weighted by molar-refractivity contribution is -0.253. The van der Waals surface area contributed by atoms with Crippen LogP contribution in [0.1, 0.15) is 138 Å². The Bertz CT molecular complexity index is 1930. The number of esters is 1. The fourth-order valence-electron chi connectivity index (χ4n) is 13.2. The van der Waals surface area contributed by atoms with Crippen molar-refractivity contribution in [3.63, 3.8) is 0 Å². The standard InChI is InChI=1S/C47H71N5O6/c1-13-57-40(55)30-17-21-49-33(22-30)38-50-27-51-52(38)34-23-47-26-56-24-43(9,37(34)58-25-46(12,48)41(5,6)7)35(47)15-14-31-32(47)16-18-45(11)36(39(53)54)42(8,29(4)28(2)3)19-20-44(31,45)10/h16-17,21-22,27-29,31,34-37H,13-15,18-20,23-26,48H2,1-12H3,(H,53,54)/t29-,31+,34-,35+,36-,37+,42-,43-,44-,45+,46+,47+/m1/s1. The van der Waals surface area contributed by atoms with E-state index in [1.165, 1.54) is 5.57 Å². The molecule has 5 aliphatic rings. The number of allylic oxidation sites excluding steroid dienone is 1. The van der Waals surface area contributed by atoms with Crippen LogP contribution in [-0.2, 0) is 19.0 Å². The van der Waals surface area contributed by atoms with Crippen molar-refractivity contribution >= 4 is 11.9 Å². The Hall–Kier alpha value is -3.15. The topological polar surface area (TPSA) is 152 Å². The van der Waals surface area contributed by atoms with Gasteiger partial charge in [0.1, 0.15) is 12.0 Å². The molecule has 11 nitrogen and oxygen atoms in total. The van der Waals surface area contributed by atoms with Gasteiger partial charge in [0.15, 0.2) is 5.82 Å². The molecule has 11 heteroatoms. The summed E-state index contributed by atoms with van der Waals surface area (Å²) >= 11 is 0. The van der Waals surface area contributed by atoms with E-state index in [4.69, 9.17) is 35.0 Å². The number of hydrogen-bond donors (Lipinski definition) is 2. The third-order valence-corrected chi connectivity index (χ3v) is 17.8. The molecule has 0 radical (unpaired) electrons. The monoisotopic (exact) mass is 802 g/mol. The Morgan fingerprint density at radius 3 is 2.43 bits per heavy atom. The number of aliphatic carboxylic acids is 1. The molecule has 58 heavy (non-hydrogen) atoms. The molecule has 3 saturated carbocycles. The fourth-order valence-corrected chi connectivity index (χ4v) is 13.2. The number of hydrogen-bond acceptors (Lipinski definition) is 9. The maximum Gasteiger partial charge on any atom is 0.338 e. The van der Waals surface area contributed by atoms with Crippen molar-refractivity contribution in [2.24, 2.45) is 67.8 Å². The number of carbonyl (C=O) groups is 2. The number of aromatic nitrogens is 4. The number of carboxylic acids is 1. The van der Waals surface area contributed by atoms with Crippen molar-refractivity contribution in [2.45, 2.75) is 139 Å². The van der Waals surface area contributed by atoms with Gasteiger partial charge in [0, 0.05) is 22.6 Å². The SMILES string of the molecule is CCOC(=O)c1ccnc(-c2ncnn2[C@@H]2C[C@@]34COC[C@](C)([C@@H]3CC[C@H]3C4=CC[C@@]4(C)[C@H](C(=O)O)[C@@](C)([C@H](C)C(C)C)CC[C@]34C)[C@H]2OC[C@](C)(N)C(C)(C)C)c1. The second-order valence-electron chi connectivity index (χ2n) is 21.7. The molecule has 320 valence electrons. The van der Waals surface area contributed by atoms with E-state index in [1.807, 2.05) is 4.68 Å². The highest BCUT2D eigenvalue weighted by atomic mass is 16.5. The van der Waals surface area contributed by atoms with E-state index in [2.05, 4.69) is 82.2 Å². The predicted octanol–water partition coefficient (Wildman–Crippen LogP) is 8.80. The smallest absolute Gasteiger partial charge is 0.338 e. The van der Waals surface area contributed by atoms with Crippen LogP contribution in [0.5, 0.6) is 0 Å². The summed E-state index contributed by atoms with van der Waals surface area (Å²) in [6.45, 7) is 28.2. The average molecular weight is 802 g/mol. The Balaban J connectivity index is 1.36. The molecule has 1 saturated heterocycles. The van der Waals surface area contributed by atoms with E-state index >= 15 is 0 Å². The first-order valence-corrected chi connectivity index (χ1v) is 22.0. The number of ether oxygens (including phenoxy) is 3. The van der Waals surface area contributed by atoms with Crippen LogP contribution in [0.25, 0.3) is 11.5 Å². The van der Waals surface area contributed by atoms with Crippen LogP contribution in [0.15, 0.2) is 36.3 Å². The summed E-state index contributed by atoms with van der Waals surface area (Å²) < 4.78 is 21.4. The summed E-state index contributed by atoms with van der Waals surface area (Å²) in [5.74, 6) is 0.193. The number of pyridine rings is 1. The molecule has 0 amide bonds. The van der Waals surface area contributed by atoms with Crippen LogP contribution in [0.4, 0.5) is 0 Å². The molecule has 3 N–H and O–H groups in total. The van der Waals surface area contributed by atoms with Crippen molar-refractivity contribution in [1.29, 1.82) is 0 Å². The molecule has 7 rings (SSSR count). The lowest BCUT2D eigenvalue weighted by atomic mass is 9.34. The van der Waals surface area contributed by atoms with Crippen LogP contribution in [0.2, 0.25) is 0 Å². The maximum absolute atomic E-state index is 13.6. The van der Waals surface area contributed by atoms with Gasteiger partial charge in [-0.3, -0.25) is 9.78 Å². The van der Waals surface area contributed by atoms with E-state index in [0.717, 1.165) is 32.1 Å². The third kappa shape index (κ3) is 6.24. The molecular formula is C47H71N5O6. The zero-order valence-corrected chi connectivity index (χ0v) is 37.4. The lowest BCUT2D eigenvalue weighted by Crippen LogP contribution is -2.69. The van der Waals surface area contributed by atoms with Crippen LogP contribution >= 0.6 is 0 Å². The van der Waals surface area contributed by atoms with Gasteiger partial charge in [-0.2, -0.15) is 5.10 Å². The fraction of sp³-hybridized carbons (Fsp3) is 0.766. The van der Waals surface area contributed by atoms with Crippen molar-refractivity contribution < 1.29 is 28.9 Å². The summed E-state index contributed by atoms with van der Waals surface area (Å²) in [4.78, 5) is 36.0. The normalized spacial score (nSPS) is 38.7. The number of rotatable bonds is 10. The molecule has 12 atom stereocenters. The average Bonchev–Trinajstić information content (AvgIpc) is 3.64. The molecule has 0 spiro atoms. The Kier molecular flexibility index (Phi) is 10.7. The van der Waals surface area contributed by atoms with Gasteiger partial charge in [-0.25, -0.2) is 14.5 Å². The Labute approximate surface area is 346 Å². The molecule has 4 fully saturated rings. The largest absolute Gasteiger partial charge is 0.481 e. The first-order valence-electron chi connectivity index (χ1n) is 22.0. The van der Waals surface area contributed by atoms with Gasteiger partial charge in [0.2, 0.25) is 0 Å². The summed E-state index contributed by atoms with van der Waals surface area (Å²) in [5.41, 5.74) is 6.91. The third-order valence-electron chi connectivity index (χ3n) is 17.8. The van der Waals surface area contributed by atoms with Crippen molar-refractivity contribution in [3.05, 3.63) is 41.9 Å². The van der Waals surface area contributed by atoms with Gasteiger partial charge in [-0.05, 0) is 110 Å². The quantitative estimate of drug-likeness (QED) is 0.176. The maximum atomic E-state index is 13.6. The molecule has 0 aromatic carbocycles. The van der Waals surface area contributed by atoms with E-state index in [-0.39, 0.29) is 58.2 Å². The summed E-state index contributed by atoms with van der Waals surface area (Å²) in [5, 5.41) is 16.1. The predicted molar refractivity (Wildman–Crippen MR) is 224 cm³/mol. The summed E-state index contributed by atoms with van der Waals surface area (Å²) in [6, 6.07) is 3.13. The number of nitrogens with two attached hydrogens (primary N) is 1. The molecule has 2 aromatic heterocycles. The highest BCUT2D eigenvalue weighted by molar-refractivity contribution is 5.90. The molecule has 0 unspecified atom stereocenters. The Morgan fingerprint density at radius 1 is 1.05 bits per heavy atom. The van der Waals surface area contributed by atoms with Crippen molar-refractivity contribution in [1.82, 2.24) is 19.7 Å². The second-order valence-corrected chi connectivity index (χ2v) is 21.7. The molecule has 4 aliphatic carbocycles. The van der Waals surface area contributed by atoms with Gasteiger partial charge in [-0.15, -0.1) is 0 Å². The summed E-state index contributed by atoms with van der Waals surface area (Å²) in [7, 11) is 0. The zero-order valence-electron chi connectivity index (χ0n) is 37.4. The van der Waals surface area contributed by atoms with E-state index in [0.29, 0.717) is 49.2 Å². The number of nitrogens with zero attached hydrogens (tertiary/aromatic N) is 4. The number of fused-ring (bicyclic) bond motifs is 3. The van der Waals surface area contributed by atoms with Crippen LogP contribution in [0.3, 0.4) is 0 Å². The minimum absolute atomic E-state index is 0.212. The molecule has 2 bridgehead atoms. The van der Waals surface area contributed by atoms with Crippen LogP contribution in [0, 0.1) is 62.1 Å². The first-order chi connectivity index (χ1) is 27.0. The highest BCUT2D eigenvalue weighted by Crippen LogP contribution is 2.75. The van der Waals surface area contributed by atoms with Crippen LogP contribution < -0.4 is 5.73 Å². The second kappa shape index (κ2) is 14.5. The van der Waals surface area contributed by atoms with Crippen LogP contribution in [-0.4, -0.2) is 74.9 Å². The molecular weight excluding hydrogens is 731 g/mol. The number of carboxylic acid groups (broad SMARTS) is 1. The molecule has 1 aliphatic heterocycles. The van der Waals surface area contributed by atoms with E-state index in [1.54, 1.807) is 31.6 Å².